The molecule has 2 rings (SSSR count). The maximum atomic E-state index is 11.6. The Morgan fingerprint density at radius 2 is 1.93 bits per heavy atom. The van der Waals surface area contributed by atoms with Crippen molar-refractivity contribution in [2.75, 3.05) is 0 Å². The number of morpholine rings is 1. The quantitative estimate of drug-likeness (QED) is 0.543. The normalized spacial score (nSPS) is 33.0. The van der Waals surface area contributed by atoms with E-state index in [1.807, 2.05) is 6.07 Å². The van der Waals surface area contributed by atoms with Gasteiger partial charge in [-0.15, -0.1) is 0 Å². The van der Waals surface area contributed by atoms with Gasteiger partial charge >= 0.3 is 0 Å². The fraction of sp³-hybridized carbons (Fsp3) is 0.667. The van der Waals surface area contributed by atoms with Gasteiger partial charge in [0.25, 0.3) is 11.8 Å². The number of fused-ring (bicyclic) bond motifs is 2. The maximum absolute atomic E-state index is 11.6. The highest BCUT2D eigenvalue weighted by Gasteiger charge is 2.48. The summed E-state index contributed by atoms with van der Waals surface area (Å²) < 4.78 is 5.20. The van der Waals surface area contributed by atoms with Gasteiger partial charge in [-0.05, 0) is 19.8 Å². The van der Waals surface area contributed by atoms with Crippen LogP contribution in [0.5, 0.6) is 0 Å². The summed E-state index contributed by atoms with van der Waals surface area (Å²) in [5.74, 6) is -0.726. The summed E-state index contributed by atoms with van der Waals surface area (Å²) in [4.78, 5) is 24.3. The molecule has 0 radical (unpaired) electrons. The van der Waals surface area contributed by atoms with E-state index in [2.05, 4.69) is 0 Å². The third-order valence-corrected chi connectivity index (χ3v) is 2.62. The molecule has 0 aromatic carbocycles. The van der Waals surface area contributed by atoms with Crippen LogP contribution in [0.4, 0.5) is 0 Å². The predicted octanol–water partition coefficient (Wildman–Crippen LogP) is -0.185. The first-order chi connectivity index (χ1) is 6.65. The van der Waals surface area contributed by atoms with Gasteiger partial charge in [0.15, 0.2) is 0 Å². The van der Waals surface area contributed by atoms with E-state index in [1.54, 1.807) is 6.92 Å². The SMILES string of the molecule is CC(C#N)N1C(=O)C2CCC(O2)C1=O. The Hall–Kier alpha value is -1.41. The maximum Gasteiger partial charge on any atom is 0.259 e. The van der Waals surface area contributed by atoms with E-state index in [1.165, 1.54) is 0 Å². The number of imide groups is 1. The van der Waals surface area contributed by atoms with Crippen LogP contribution in [0.25, 0.3) is 0 Å². The lowest BCUT2D eigenvalue weighted by atomic mass is 10.2. The number of hydrogen-bond acceptors (Lipinski definition) is 4. The zero-order valence-electron chi connectivity index (χ0n) is 7.77. The molecule has 0 aliphatic carbocycles. The molecule has 3 unspecified atom stereocenters. The largest absolute Gasteiger partial charge is 0.355 e. The number of nitriles is 1. The van der Waals surface area contributed by atoms with Gasteiger partial charge in [-0.1, -0.05) is 0 Å². The molecule has 14 heavy (non-hydrogen) atoms. The second-order valence-corrected chi connectivity index (χ2v) is 3.54. The second-order valence-electron chi connectivity index (χ2n) is 3.54. The molecule has 0 N–H and O–H groups in total. The molecular formula is C9H10N2O3. The summed E-state index contributed by atoms with van der Waals surface area (Å²) in [6, 6.07) is 1.20. The van der Waals surface area contributed by atoms with Crippen molar-refractivity contribution in [3.63, 3.8) is 0 Å². The lowest BCUT2D eigenvalue weighted by Crippen LogP contribution is -2.54. The molecule has 0 spiro atoms. The number of hydrogen-bond donors (Lipinski definition) is 0. The van der Waals surface area contributed by atoms with Crippen molar-refractivity contribution in [2.45, 2.75) is 38.0 Å². The van der Waals surface area contributed by atoms with E-state index < -0.39 is 18.2 Å². The highest BCUT2D eigenvalue weighted by Crippen LogP contribution is 2.29. The van der Waals surface area contributed by atoms with Crippen molar-refractivity contribution in [1.29, 1.82) is 5.26 Å². The zero-order chi connectivity index (χ0) is 10.3. The monoisotopic (exact) mass is 194 g/mol. The summed E-state index contributed by atoms with van der Waals surface area (Å²) in [5.41, 5.74) is 0. The average molecular weight is 194 g/mol. The Morgan fingerprint density at radius 3 is 2.36 bits per heavy atom. The predicted molar refractivity (Wildman–Crippen MR) is 44.8 cm³/mol. The number of carbonyl (C=O) groups is 2. The van der Waals surface area contributed by atoms with E-state index in [0.29, 0.717) is 12.8 Å². The molecule has 2 saturated heterocycles. The van der Waals surface area contributed by atoms with E-state index in [4.69, 9.17) is 10.00 Å². The van der Waals surface area contributed by atoms with Crippen LogP contribution in [0.3, 0.4) is 0 Å². The van der Waals surface area contributed by atoms with E-state index in [0.717, 1.165) is 4.90 Å². The van der Waals surface area contributed by atoms with E-state index >= 15 is 0 Å². The van der Waals surface area contributed by atoms with Crippen LogP contribution in [-0.4, -0.2) is 35.0 Å². The molecule has 2 amide bonds. The topological polar surface area (TPSA) is 70.4 Å². The first-order valence-electron chi connectivity index (χ1n) is 4.57. The minimum absolute atomic E-state index is 0.363. The standard InChI is InChI=1S/C9H10N2O3/c1-5(4-10)11-8(12)6-2-3-7(14-6)9(11)13/h5-7H,2-3H2,1H3. The Balaban J connectivity index is 2.29. The van der Waals surface area contributed by atoms with Gasteiger partial charge in [0.05, 0.1) is 6.07 Å². The third kappa shape index (κ3) is 1.11. The molecule has 0 aromatic heterocycles. The van der Waals surface area contributed by atoms with Gasteiger partial charge in [-0.25, -0.2) is 0 Å². The van der Waals surface area contributed by atoms with Crippen molar-refractivity contribution in [1.82, 2.24) is 4.90 Å². The van der Waals surface area contributed by atoms with Gasteiger partial charge in [-0.3, -0.25) is 14.5 Å². The van der Waals surface area contributed by atoms with Crippen LogP contribution in [-0.2, 0) is 14.3 Å². The Bertz CT molecular complexity index is 311. The van der Waals surface area contributed by atoms with Crippen molar-refractivity contribution < 1.29 is 14.3 Å². The van der Waals surface area contributed by atoms with Crippen molar-refractivity contribution in [2.24, 2.45) is 0 Å². The first-order valence-corrected chi connectivity index (χ1v) is 4.57. The fourth-order valence-corrected chi connectivity index (χ4v) is 1.86. The molecule has 5 heteroatoms. The summed E-state index contributed by atoms with van der Waals surface area (Å²) in [6.07, 6.45) is 0.162. The minimum atomic E-state index is -0.693. The van der Waals surface area contributed by atoms with Crippen LogP contribution in [0.15, 0.2) is 0 Å². The number of carbonyl (C=O) groups excluding carboxylic acids is 2. The molecular weight excluding hydrogens is 184 g/mol. The molecule has 0 aromatic rings. The van der Waals surface area contributed by atoms with E-state index in [9.17, 15) is 9.59 Å². The molecule has 74 valence electrons. The summed E-state index contributed by atoms with van der Waals surface area (Å²) >= 11 is 0. The van der Waals surface area contributed by atoms with Gasteiger partial charge in [0.1, 0.15) is 18.2 Å². The van der Waals surface area contributed by atoms with Crippen LogP contribution < -0.4 is 0 Å². The van der Waals surface area contributed by atoms with E-state index in [-0.39, 0.29) is 11.8 Å². The summed E-state index contributed by atoms with van der Waals surface area (Å²) in [6.45, 7) is 1.54. The van der Waals surface area contributed by atoms with Crippen molar-refractivity contribution in [3.05, 3.63) is 0 Å². The highest BCUT2D eigenvalue weighted by molar-refractivity contribution is 6.02. The van der Waals surface area contributed by atoms with Gasteiger partial charge in [-0.2, -0.15) is 5.26 Å². The number of nitrogens with zero attached hydrogens (tertiary/aromatic N) is 2. The Morgan fingerprint density at radius 1 is 1.43 bits per heavy atom. The van der Waals surface area contributed by atoms with Crippen LogP contribution >= 0.6 is 0 Å². The van der Waals surface area contributed by atoms with Crippen LogP contribution in [0.1, 0.15) is 19.8 Å². The molecule has 2 aliphatic rings. The van der Waals surface area contributed by atoms with Gasteiger partial charge in [0, 0.05) is 0 Å². The third-order valence-electron chi connectivity index (χ3n) is 2.62. The summed E-state index contributed by atoms with van der Waals surface area (Å²) in [7, 11) is 0. The minimum Gasteiger partial charge on any atom is -0.355 e. The Labute approximate surface area is 81.2 Å². The number of amides is 2. The Kier molecular flexibility index (Phi) is 2.01. The molecule has 3 atom stereocenters. The summed E-state index contributed by atoms with van der Waals surface area (Å²) in [5, 5.41) is 8.68. The fourth-order valence-electron chi connectivity index (χ4n) is 1.86. The lowest BCUT2D eigenvalue weighted by molar-refractivity contribution is -0.169. The lowest BCUT2D eigenvalue weighted by Gasteiger charge is -2.31. The number of likely N-dealkylation sites (tertiary alicyclic amines) is 1. The van der Waals surface area contributed by atoms with Crippen LogP contribution in [0.2, 0.25) is 0 Å². The van der Waals surface area contributed by atoms with Gasteiger partial charge in [0.2, 0.25) is 0 Å². The molecule has 2 bridgehead atoms. The van der Waals surface area contributed by atoms with Crippen molar-refractivity contribution >= 4 is 11.8 Å². The molecule has 2 fully saturated rings. The number of ether oxygens (including phenoxy) is 1. The smallest absolute Gasteiger partial charge is 0.259 e. The molecule has 2 heterocycles. The first kappa shape index (κ1) is 9.16. The van der Waals surface area contributed by atoms with Gasteiger partial charge < -0.3 is 4.74 Å². The molecule has 0 saturated carbocycles. The molecule has 5 nitrogen and oxygen atoms in total. The zero-order valence-corrected chi connectivity index (χ0v) is 7.77. The highest BCUT2D eigenvalue weighted by atomic mass is 16.5. The molecule has 2 aliphatic heterocycles. The van der Waals surface area contributed by atoms with Crippen molar-refractivity contribution in [3.8, 4) is 6.07 Å². The second kappa shape index (κ2) is 3.07. The average Bonchev–Trinajstić information content (AvgIpc) is 2.61. The number of rotatable bonds is 1. The van der Waals surface area contributed by atoms with Crippen LogP contribution in [0, 0.1) is 11.3 Å².